The summed E-state index contributed by atoms with van der Waals surface area (Å²) in [4.78, 5) is 15.2. The maximum Gasteiger partial charge on any atom is 0.335 e. The SMILES string of the molecule is CCCCc1ccc(N=Cc2ccc(C(=O)O)cc2)cc1. The summed E-state index contributed by atoms with van der Waals surface area (Å²) >= 11 is 0. The van der Waals surface area contributed by atoms with Crippen molar-refractivity contribution in [1.29, 1.82) is 0 Å². The largest absolute Gasteiger partial charge is 0.478 e. The van der Waals surface area contributed by atoms with E-state index in [0.29, 0.717) is 0 Å². The van der Waals surface area contributed by atoms with Gasteiger partial charge in [0.2, 0.25) is 0 Å². The second kappa shape index (κ2) is 7.39. The van der Waals surface area contributed by atoms with E-state index >= 15 is 0 Å². The van der Waals surface area contributed by atoms with E-state index in [9.17, 15) is 4.79 Å². The fourth-order valence-corrected chi connectivity index (χ4v) is 1.99. The Balaban J connectivity index is 2.01. The van der Waals surface area contributed by atoms with Gasteiger partial charge in [-0.3, -0.25) is 4.99 Å². The molecule has 0 spiro atoms. The highest BCUT2D eigenvalue weighted by Crippen LogP contribution is 2.15. The van der Waals surface area contributed by atoms with Gasteiger partial charge in [-0.1, -0.05) is 37.6 Å². The molecule has 0 amide bonds. The molecule has 0 aliphatic carbocycles. The molecule has 0 atom stereocenters. The average Bonchev–Trinajstić information content (AvgIpc) is 2.52. The standard InChI is InChI=1S/C18H19NO2/c1-2-3-4-14-7-11-17(12-8-14)19-13-15-5-9-16(10-6-15)18(20)21/h5-13H,2-4H2,1H3,(H,20,21). The number of carboxylic acid groups (broad SMARTS) is 1. The number of unbranched alkanes of at least 4 members (excludes halogenated alkanes) is 1. The van der Waals surface area contributed by atoms with Crippen LogP contribution in [0.3, 0.4) is 0 Å². The predicted octanol–water partition coefficient (Wildman–Crippen LogP) is 4.48. The first-order valence-electron chi connectivity index (χ1n) is 7.15. The number of aromatic carboxylic acids is 1. The Morgan fingerprint density at radius 1 is 1.10 bits per heavy atom. The molecule has 0 aliphatic heterocycles. The van der Waals surface area contributed by atoms with E-state index in [1.54, 1.807) is 30.5 Å². The normalized spacial score (nSPS) is 10.9. The molecule has 0 radical (unpaired) electrons. The molecule has 2 rings (SSSR count). The second-order valence-electron chi connectivity index (χ2n) is 4.96. The first-order chi connectivity index (χ1) is 10.2. The van der Waals surface area contributed by atoms with Crippen LogP contribution in [0.5, 0.6) is 0 Å². The van der Waals surface area contributed by atoms with E-state index in [0.717, 1.165) is 17.7 Å². The van der Waals surface area contributed by atoms with E-state index in [-0.39, 0.29) is 5.56 Å². The number of carbonyl (C=O) groups is 1. The molecule has 0 saturated heterocycles. The summed E-state index contributed by atoms with van der Waals surface area (Å²) in [7, 11) is 0. The number of nitrogens with zero attached hydrogens (tertiary/aromatic N) is 1. The molecule has 0 saturated carbocycles. The third kappa shape index (κ3) is 4.56. The van der Waals surface area contributed by atoms with Gasteiger partial charge in [-0.05, 0) is 48.2 Å². The molecule has 0 aromatic heterocycles. The van der Waals surface area contributed by atoms with Crippen LogP contribution < -0.4 is 0 Å². The highest BCUT2D eigenvalue weighted by Gasteiger charge is 2.00. The number of benzene rings is 2. The van der Waals surface area contributed by atoms with E-state index in [4.69, 9.17) is 5.11 Å². The highest BCUT2D eigenvalue weighted by atomic mass is 16.4. The van der Waals surface area contributed by atoms with Crippen LogP contribution in [0.2, 0.25) is 0 Å². The van der Waals surface area contributed by atoms with Crippen LogP contribution in [0.1, 0.15) is 41.3 Å². The van der Waals surface area contributed by atoms with Crippen LogP contribution in [0.15, 0.2) is 53.5 Å². The monoisotopic (exact) mass is 281 g/mol. The molecule has 3 nitrogen and oxygen atoms in total. The summed E-state index contributed by atoms with van der Waals surface area (Å²) in [6, 6.07) is 14.9. The topological polar surface area (TPSA) is 49.7 Å². The van der Waals surface area contributed by atoms with Crippen molar-refractivity contribution in [3.8, 4) is 0 Å². The van der Waals surface area contributed by atoms with Crippen LogP contribution >= 0.6 is 0 Å². The molecular formula is C18H19NO2. The lowest BCUT2D eigenvalue weighted by Gasteiger charge is -2.00. The summed E-state index contributed by atoms with van der Waals surface area (Å²) in [6.45, 7) is 2.19. The van der Waals surface area contributed by atoms with E-state index in [1.165, 1.54) is 18.4 Å². The molecule has 3 heteroatoms. The van der Waals surface area contributed by atoms with Gasteiger partial charge in [0.25, 0.3) is 0 Å². The van der Waals surface area contributed by atoms with Gasteiger partial charge in [-0.2, -0.15) is 0 Å². The van der Waals surface area contributed by atoms with Crippen molar-refractivity contribution < 1.29 is 9.90 Å². The summed E-state index contributed by atoms with van der Waals surface area (Å²) < 4.78 is 0. The van der Waals surface area contributed by atoms with Crippen molar-refractivity contribution in [3.63, 3.8) is 0 Å². The van der Waals surface area contributed by atoms with Gasteiger partial charge >= 0.3 is 5.97 Å². The Morgan fingerprint density at radius 3 is 2.33 bits per heavy atom. The minimum Gasteiger partial charge on any atom is -0.478 e. The van der Waals surface area contributed by atoms with Gasteiger partial charge < -0.3 is 5.11 Å². The molecule has 21 heavy (non-hydrogen) atoms. The Labute approximate surface area is 125 Å². The molecule has 2 aromatic rings. The molecule has 0 unspecified atom stereocenters. The van der Waals surface area contributed by atoms with Gasteiger partial charge in [-0.15, -0.1) is 0 Å². The van der Waals surface area contributed by atoms with Crippen molar-refractivity contribution in [2.75, 3.05) is 0 Å². The summed E-state index contributed by atoms with van der Waals surface area (Å²) in [5.41, 5.74) is 3.40. The lowest BCUT2D eigenvalue weighted by molar-refractivity contribution is 0.0697. The highest BCUT2D eigenvalue weighted by molar-refractivity contribution is 5.89. The molecule has 108 valence electrons. The van der Waals surface area contributed by atoms with E-state index < -0.39 is 5.97 Å². The zero-order valence-corrected chi connectivity index (χ0v) is 12.1. The summed E-state index contributed by atoms with van der Waals surface area (Å²) in [6.07, 6.45) is 5.26. The first kappa shape index (κ1) is 15.0. The average molecular weight is 281 g/mol. The Bertz CT molecular complexity index is 613. The number of carboxylic acids is 1. The fourth-order valence-electron chi connectivity index (χ4n) is 1.99. The van der Waals surface area contributed by atoms with Gasteiger partial charge in [0.05, 0.1) is 11.3 Å². The van der Waals surface area contributed by atoms with Gasteiger partial charge in [0, 0.05) is 6.21 Å². The zero-order valence-electron chi connectivity index (χ0n) is 12.1. The van der Waals surface area contributed by atoms with Gasteiger partial charge in [0.1, 0.15) is 0 Å². The van der Waals surface area contributed by atoms with Gasteiger partial charge in [0.15, 0.2) is 0 Å². The minimum atomic E-state index is -0.916. The molecular weight excluding hydrogens is 262 g/mol. The molecule has 2 aromatic carbocycles. The number of aliphatic imine (C=N–C) groups is 1. The molecule has 1 N–H and O–H groups in total. The lowest BCUT2D eigenvalue weighted by atomic mass is 10.1. The fraction of sp³-hybridized carbons (Fsp3) is 0.222. The zero-order chi connectivity index (χ0) is 15.1. The minimum absolute atomic E-state index is 0.285. The van der Waals surface area contributed by atoms with Crippen LogP contribution in [0.4, 0.5) is 5.69 Å². The molecule has 0 fully saturated rings. The maximum absolute atomic E-state index is 10.8. The van der Waals surface area contributed by atoms with Crippen molar-refractivity contribution in [1.82, 2.24) is 0 Å². The molecule has 0 bridgehead atoms. The molecule has 0 aliphatic rings. The third-order valence-corrected chi connectivity index (χ3v) is 3.28. The number of aryl methyl sites for hydroxylation is 1. The lowest BCUT2D eigenvalue weighted by Crippen LogP contribution is -1.95. The number of hydrogen-bond acceptors (Lipinski definition) is 2. The molecule has 0 heterocycles. The summed E-state index contributed by atoms with van der Waals surface area (Å²) in [5, 5.41) is 8.84. The van der Waals surface area contributed by atoms with Crippen LogP contribution in [-0.2, 0) is 6.42 Å². The van der Waals surface area contributed by atoms with Gasteiger partial charge in [-0.25, -0.2) is 4.79 Å². The van der Waals surface area contributed by atoms with Crippen molar-refractivity contribution in [2.45, 2.75) is 26.2 Å². The first-order valence-corrected chi connectivity index (χ1v) is 7.15. The number of rotatable bonds is 6. The van der Waals surface area contributed by atoms with Crippen LogP contribution in [0, 0.1) is 0 Å². The Morgan fingerprint density at radius 2 is 1.76 bits per heavy atom. The third-order valence-electron chi connectivity index (χ3n) is 3.28. The predicted molar refractivity (Wildman–Crippen MR) is 85.7 cm³/mol. The smallest absolute Gasteiger partial charge is 0.335 e. The van der Waals surface area contributed by atoms with Crippen molar-refractivity contribution in [2.24, 2.45) is 4.99 Å². The van der Waals surface area contributed by atoms with Crippen molar-refractivity contribution in [3.05, 3.63) is 65.2 Å². The second-order valence-corrected chi connectivity index (χ2v) is 4.96. The Hall–Kier alpha value is -2.42. The van der Waals surface area contributed by atoms with Crippen LogP contribution in [0.25, 0.3) is 0 Å². The number of hydrogen-bond donors (Lipinski definition) is 1. The van der Waals surface area contributed by atoms with E-state index in [2.05, 4.69) is 24.0 Å². The van der Waals surface area contributed by atoms with Crippen LogP contribution in [-0.4, -0.2) is 17.3 Å². The van der Waals surface area contributed by atoms with E-state index in [1.807, 2.05) is 12.1 Å². The summed E-state index contributed by atoms with van der Waals surface area (Å²) in [5.74, 6) is -0.916. The maximum atomic E-state index is 10.8. The van der Waals surface area contributed by atoms with Crippen molar-refractivity contribution >= 4 is 17.9 Å². The Kier molecular flexibility index (Phi) is 5.27. The quantitative estimate of drug-likeness (QED) is 0.794.